The van der Waals surface area contributed by atoms with Crippen molar-refractivity contribution in [3.05, 3.63) is 89.1 Å². The van der Waals surface area contributed by atoms with Gasteiger partial charge in [0.15, 0.2) is 6.20 Å². The fourth-order valence-corrected chi connectivity index (χ4v) is 4.42. The summed E-state index contributed by atoms with van der Waals surface area (Å²) < 4.78 is 8.68. The molecule has 3 aromatic carbocycles. The summed E-state index contributed by atoms with van der Waals surface area (Å²) in [5.41, 5.74) is 8.64. The average Bonchev–Trinajstić information content (AvgIpc) is 3.17. The van der Waals surface area contributed by atoms with Crippen LogP contribution < -0.4 is 4.57 Å². The van der Waals surface area contributed by atoms with Crippen LogP contribution in [0.2, 0.25) is 0 Å². The molecule has 4 heteroatoms. The Morgan fingerprint density at radius 3 is 2.09 bits per heavy atom. The van der Waals surface area contributed by atoms with Crippen molar-refractivity contribution in [1.82, 2.24) is 0 Å². The Hall–Kier alpha value is -4.41. The molecule has 0 aliphatic heterocycles. The van der Waals surface area contributed by atoms with Gasteiger partial charge in [0, 0.05) is 28.0 Å². The highest BCUT2D eigenvalue weighted by molar-refractivity contribution is 6.14. The fourth-order valence-electron chi connectivity index (χ4n) is 4.42. The standard InChI is InChI=1S/C28H20N3O/c1-17-4-13-24(31(3)16-17)25-18(2)5-11-22-23-12-10-21(15-30)26(28(23)32-27(22)25)20-8-6-19(14-29)7-9-20/h4-13,16H,1-3H3/q+1. The maximum absolute atomic E-state index is 9.81. The molecular weight excluding hydrogens is 394 g/mol. The number of aryl methyl sites for hydroxylation is 3. The number of hydrogen-bond acceptors (Lipinski definition) is 3. The number of pyridine rings is 1. The number of furan rings is 1. The SMILES string of the molecule is Cc1ccc(-c2c(C)ccc3c2oc2c(-c4ccc(C#N)cc4)c(C#N)ccc23)[n+](C)c1. The van der Waals surface area contributed by atoms with E-state index in [4.69, 9.17) is 9.68 Å². The van der Waals surface area contributed by atoms with Crippen molar-refractivity contribution < 1.29 is 8.98 Å². The summed E-state index contributed by atoms with van der Waals surface area (Å²) in [6, 6.07) is 23.9. The van der Waals surface area contributed by atoms with Gasteiger partial charge in [-0.05, 0) is 55.3 Å². The summed E-state index contributed by atoms with van der Waals surface area (Å²) in [6.07, 6.45) is 2.10. The van der Waals surface area contributed by atoms with Gasteiger partial charge in [-0.15, -0.1) is 0 Å². The lowest BCUT2D eigenvalue weighted by atomic mass is 9.95. The minimum absolute atomic E-state index is 0.542. The Morgan fingerprint density at radius 1 is 0.750 bits per heavy atom. The van der Waals surface area contributed by atoms with Gasteiger partial charge >= 0.3 is 0 Å². The first-order valence-electron chi connectivity index (χ1n) is 10.4. The van der Waals surface area contributed by atoms with Gasteiger partial charge in [-0.2, -0.15) is 10.5 Å². The third-order valence-corrected chi connectivity index (χ3v) is 5.98. The second kappa shape index (κ2) is 7.38. The Morgan fingerprint density at radius 2 is 1.44 bits per heavy atom. The second-order valence-corrected chi connectivity index (χ2v) is 8.10. The molecule has 0 unspecified atom stereocenters. The first-order chi connectivity index (χ1) is 15.5. The Bertz CT molecular complexity index is 1610. The predicted molar refractivity (Wildman–Crippen MR) is 125 cm³/mol. The van der Waals surface area contributed by atoms with Crippen LogP contribution in [0.5, 0.6) is 0 Å². The summed E-state index contributed by atoms with van der Waals surface area (Å²) in [5.74, 6) is 0. The van der Waals surface area contributed by atoms with Crippen molar-refractivity contribution in [2.45, 2.75) is 13.8 Å². The molecule has 0 radical (unpaired) electrons. The van der Waals surface area contributed by atoms with E-state index in [9.17, 15) is 5.26 Å². The van der Waals surface area contributed by atoms with Crippen molar-refractivity contribution in [2.75, 3.05) is 0 Å². The lowest BCUT2D eigenvalue weighted by molar-refractivity contribution is -0.660. The van der Waals surface area contributed by atoms with E-state index in [0.29, 0.717) is 16.7 Å². The minimum atomic E-state index is 0.542. The molecule has 0 fully saturated rings. The van der Waals surface area contributed by atoms with E-state index in [1.54, 1.807) is 12.1 Å². The summed E-state index contributed by atoms with van der Waals surface area (Å²) in [5, 5.41) is 20.9. The zero-order chi connectivity index (χ0) is 22.4. The first-order valence-corrected chi connectivity index (χ1v) is 10.4. The second-order valence-electron chi connectivity index (χ2n) is 8.10. The van der Waals surface area contributed by atoms with Gasteiger partial charge in [0.1, 0.15) is 18.2 Å². The minimum Gasteiger partial charge on any atom is -0.454 e. The van der Waals surface area contributed by atoms with E-state index in [2.05, 4.69) is 61.0 Å². The monoisotopic (exact) mass is 414 g/mol. The Kier molecular flexibility index (Phi) is 4.51. The van der Waals surface area contributed by atoms with Gasteiger partial charge in [-0.25, -0.2) is 4.57 Å². The molecule has 0 N–H and O–H groups in total. The van der Waals surface area contributed by atoms with Gasteiger partial charge in [0.25, 0.3) is 0 Å². The maximum atomic E-state index is 9.81. The molecule has 0 saturated carbocycles. The van der Waals surface area contributed by atoms with Crippen LogP contribution in [-0.2, 0) is 7.05 Å². The van der Waals surface area contributed by atoms with Crippen LogP contribution >= 0.6 is 0 Å². The first kappa shape index (κ1) is 19.5. The van der Waals surface area contributed by atoms with Gasteiger partial charge in [-0.3, -0.25) is 0 Å². The predicted octanol–water partition coefficient (Wildman–Crippen LogP) is 6.10. The normalized spacial score (nSPS) is 10.9. The average molecular weight is 414 g/mol. The number of benzene rings is 3. The van der Waals surface area contributed by atoms with Crippen molar-refractivity contribution in [2.24, 2.45) is 7.05 Å². The number of fused-ring (bicyclic) bond motifs is 3. The summed E-state index contributed by atoms with van der Waals surface area (Å²) in [7, 11) is 2.04. The molecule has 0 aliphatic rings. The van der Waals surface area contributed by atoms with Gasteiger partial charge < -0.3 is 4.42 Å². The molecule has 2 aromatic heterocycles. The number of hydrogen-bond donors (Lipinski definition) is 0. The van der Waals surface area contributed by atoms with Crippen LogP contribution in [0, 0.1) is 36.5 Å². The number of rotatable bonds is 2. The smallest absolute Gasteiger partial charge is 0.216 e. The molecule has 0 spiro atoms. The third-order valence-electron chi connectivity index (χ3n) is 5.98. The molecule has 0 atom stereocenters. The Balaban J connectivity index is 1.88. The fraction of sp³-hybridized carbons (Fsp3) is 0.107. The zero-order valence-corrected chi connectivity index (χ0v) is 18.1. The highest BCUT2D eigenvalue weighted by atomic mass is 16.3. The number of aromatic nitrogens is 1. The quantitative estimate of drug-likeness (QED) is 0.328. The van der Waals surface area contributed by atoms with Crippen LogP contribution in [0.15, 0.2) is 71.3 Å². The van der Waals surface area contributed by atoms with Crippen molar-refractivity contribution >= 4 is 21.9 Å². The van der Waals surface area contributed by atoms with Gasteiger partial charge in [0.2, 0.25) is 5.69 Å². The summed E-state index contributed by atoms with van der Waals surface area (Å²) in [4.78, 5) is 0. The van der Waals surface area contributed by atoms with Crippen molar-refractivity contribution in [3.63, 3.8) is 0 Å². The molecule has 5 aromatic rings. The van der Waals surface area contributed by atoms with E-state index >= 15 is 0 Å². The summed E-state index contributed by atoms with van der Waals surface area (Å²) >= 11 is 0. The molecule has 32 heavy (non-hydrogen) atoms. The lowest BCUT2D eigenvalue weighted by Crippen LogP contribution is -2.31. The van der Waals surface area contributed by atoms with Gasteiger partial charge in [-0.1, -0.05) is 24.3 Å². The molecule has 0 aliphatic carbocycles. The largest absolute Gasteiger partial charge is 0.454 e. The van der Waals surface area contributed by atoms with Crippen LogP contribution in [0.25, 0.3) is 44.3 Å². The maximum Gasteiger partial charge on any atom is 0.216 e. The molecular formula is C28H20N3O+. The third kappa shape index (κ3) is 2.94. The highest BCUT2D eigenvalue weighted by Gasteiger charge is 2.23. The van der Waals surface area contributed by atoms with E-state index in [1.807, 2.05) is 31.3 Å². The zero-order valence-electron chi connectivity index (χ0n) is 18.1. The van der Waals surface area contributed by atoms with E-state index in [1.165, 1.54) is 5.56 Å². The molecule has 152 valence electrons. The van der Waals surface area contributed by atoms with Crippen LogP contribution in [0.3, 0.4) is 0 Å². The molecule has 4 nitrogen and oxygen atoms in total. The molecule has 0 amide bonds. The number of nitriles is 2. The van der Waals surface area contributed by atoms with Crippen LogP contribution in [-0.4, -0.2) is 0 Å². The molecule has 0 bridgehead atoms. The topological polar surface area (TPSA) is 64.6 Å². The lowest BCUT2D eigenvalue weighted by Gasteiger charge is -2.06. The van der Waals surface area contributed by atoms with E-state index < -0.39 is 0 Å². The van der Waals surface area contributed by atoms with Gasteiger partial charge in [0.05, 0.1) is 28.8 Å². The highest BCUT2D eigenvalue weighted by Crippen LogP contribution is 2.41. The number of nitrogens with zero attached hydrogens (tertiary/aromatic N) is 3. The van der Waals surface area contributed by atoms with Crippen LogP contribution in [0.1, 0.15) is 22.3 Å². The molecule has 0 saturated heterocycles. The van der Waals surface area contributed by atoms with Crippen LogP contribution in [0.4, 0.5) is 0 Å². The molecule has 2 heterocycles. The summed E-state index contributed by atoms with van der Waals surface area (Å²) in [6.45, 7) is 4.16. The van der Waals surface area contributed by atoms with E-state index in [0.717, 1.165) is 44.3 Å². The van der Waals surface area contributed by atoms with E-state index in [-0.39, 0.29) is 0 Å². The molecule has 5 rings (SSSR count). The Labute approximate surface area is 186 Å². The van der Waals surface area contributed by atoms with Crippen molar-refractivity contribution in [1.29, 1.82) is 10.5 Å². The van der Waals surface area contributed by atoms with Crippen molar-refractivity contribution in [3.8, 4) is 34.5 Å².